The number of aliphatic hydroxyl groups is 1. The number of nitrogens with zero attached hydrogens (tertiary/aromatic N) is 1. The molecule has 7 heteroatoms. The van der Waals surface area contributed by atoms with E-state index in [4.69, 9.17) is 10.1 Å². The van der Waals surface area contributed by atoms with E-state index in [1.54, 1.807) is 0 Å². The summed E-state index contributed by atoms with van der Waals surface area (Å²) < 4.78 is 36.1. The average molecular weight is 987 g/mol. The van der Waals surface area contributed by atoms with Crippen LogP contribution in [0.2, 0.25) is 0 Å². The minimum atomic E-state index is -4.83. The summed E-state index contributed by atoms with van der Waals surface area (Å²) in [6, 6.07) is 22.0. The van der Waals surface area contributed by atoms with Crippen molar-refractivity contribution in [2.45, 2.75) is 164 Å². The van der Waals surface area contributed by atoms with Crippen molar-refractivity contribution in [3.63, 3.8) is 0 Å². The van der Waals surface area contributed by atoms with Crippen LogP contribution in [0.25, 0.3) is 32.9 Å². The Morgan fingerprint density at radius 1 is 0.814 bits per heavy atom. The van der Waals surface area contributed by atoms with Crippen molar-refractivity contribution < 1.29 is 43.2 Å². The number of fused-ring (bicyclic) bond motifs is 2. The predicted octanol–water partition coefficient (Wildman–Crippen LogP) is 15.4. The van der Waals surface area contributed by atoms with Gasteiger partial charge in [0.05, 0.1) is 5.52 Å². The van der Waals surface area contributed by atoms with Gasteiger partial charge in [-0.3, -0.25) is 9.78 Å². The Hall–Kier alpha value is -3.02. The molecule has 3 aliphatic rings. The maximum absolute atomic E-state index is 12.0. The zero-order chi connectivity index (χ0) is 42.6. The molecular weight excluding hydrogens is 920 g/mol. The normalized spacial score (nSPS) is 20.8. The van der Waals surface area contributed by atoms with Crippen LogP contribution in [0.5, 0.6) is 0 Å². The van der Waals surface area contributed by atoms with Crippen molar-refractivity contribution in [1.82, 2.24) is 4.98 Å². The number of aromatic nitrogens is 1. The summed E-state index contributed by atoms with van der Waals surface area (Å²) in [4.78, 5) is 16.9. The summed E-state index contributed by atoms with van der Waals surface area (Å²) >= 11 is 0. The number of benzene rings is 3. The first-order valence-corrected chi connectivity index (χ1v) is 21.7. The summed E-state index contributed by atoms with van der Waals surface area (Å²) in [7, 11) is 0. The molecule has 1 radical (unpaired) electrons. The molecule has 1 heterocycles. The third-order valence-corrected chi connectivity index (χ3v) is 13.6. The summed E-state index contributed by atoms with van der Waals surface area (Å²) in [6.45, 7) is 25.7. The van der Waals surface area contributed by atoms with Crippen molar-refractivity contribution in [3.8, 4) is 11.3 Å². The van der Waals surface area contributed by atoms with E-state index < -0.39 is 17.7 Å². The fraction of sp³-hybridized carbons (Fsp3) is 0.577. The zero-order valence-corrected chi connectivity index (χ0v) is 39.8. The molecule has 0 aliphatic heterocycles. The largest absolute Gasteiger partial charge is 0.504 e. The van der Waals surface area contributed by atoms with Gasteiger partial charge in [0.15, 0.2) is 5.78 Å². The number of carbonyl (C=O) groups is 1. The van der Waals surface area contributed by atoms with Gasteiger partial charge in [-0.05, 0) is 140 Å². The van der Waals surface area contributed by atoms with Crippen LogP contribution < -0.4 is 0 Å². The number of alkyl halides is 3. The Bertz CT molecular complexity index is 2170. The van der Waals surface area contributed by atoms with Crippen molar-refractivity contribution in [1.29, 1.82) is 0 Å². The van der Waals surface area contributed by atoms with Crippen molar-refractivity contribution in [2.24, 2.45) is 27.6 Å². The second-order valence-corrected chi connectivity index (χ2v) is 22.0. The topological polar surface area (TPSA) is 50.2 Å². The Morgan fingerprint density at radius 3 is 1.98 bits per heavy atom. The van der Waals surface area contributed by atoms with Gasteiger partial charge in [0.1, 0.15) is 0 Å². The van der Waals surface area contributed by atoms with Crippen LogP contribution in [0.3, 0.4) is 0 Å². The van der Waals surface area contributed by atoms with Gasteiger partial charge in [-0.15, -0.1) is 29.1 Å². The summed E-state index contributed by atoms with van der Waals surface area (Å²) in [5.74, 6) is -2.21. The van der Waals surface area contributed by atoms with Gasteiger partial charge < -0.3 is 5.11 Å². The maximum atomic E-state index is 12.0. The van der Waals surface area contributed by atoms with Crippen LogP contribution in [0, 0.1) is 47.5 Å². The van der Waals surface area contributed by atoms with Crippen molar-refractivity contribution >= 4 is 27.5 Å². The SMILES string of the molecule is CC1(C)CCC(C(=O)/C=C(\O)C(F)(F)F)CC1.Cc1cc(C)c2c(C3CCC4(CC3)CC(C)(C)CC(C)(C)C4)cc(-c3[c-]c4ccccc4c(C(C)(C)C)c3)nc2c1.[Ir]. The van der Waals surface area contributed by atoms with Gasteiger partial charge in [0, 0.05) is 43.2 Å². The predicted molar refractivity (Wildman–Crippen MR) is 234 cm³/mol. The number of aliphatic hydroxyl groups excluding tert-OH is 1. The third-order valence-electron chi connectivity index (χ3n) is 13.6. The molecule has 1 aromatic heterocycles. The van der Waals surface area contributed by atoms with E-state index in [1.807, 2.05) is 0 Å². The van der Waals surface area contributed by atoms with Gasteiger partial charge in [-0.25, -0.2) is 0 Å². The number of rotatable bonds is 4. The first-order valence-electron chi connectivity index (χ1n) is 21.7. The van der Waals surface area contributed by atoms with Crippen LogP contribution in [-0.4, -0.2) is 22.1 Å². The van der Waals surface area contributed by atoms with Crippen LogP contribution in [0.15, 0.2) is 60.4 Å². The fourth-order valence-electron chi connectivity index (χ4n) is 11.7. The minimum Gasteiger partial charge on any atom is -0.504 e. The van der Waals surface area contributed by atoms with E-state index in [0.717, 1.165) is 29.6 Å². The third kappa shape index (κ3) is 11.1. The molecule has 59 heavy (non-hydrogen) atoms. The Morgan fingerprint density at radius 2 is 1.41 bits per heavy atom. The van der Waals surface area contributed by atoms with Crippen LogP contribution in [0.1, 0.15) is 161 Å². The molecule has 3 saturated carbocycles. The van der Waals surface area contributed by atoms with E-state index in [-0.39, 0.29) is 36.9 Å². The van der Waals surface area contributed by atoms with Gasteiger partial charge in [-0.2, -0.15) is 13.2 Å². The van der Waals surface area contributed by atoms with E-state index in [9.17, 15) is 18.0 Å². The molecule has 3 aliphatic carbocycles. The molecule has 3 fully saturated rings. The zero-order valence-electron chi connectivity index (χ0n) is 37.4. The van der Waals surface area contributed by atoms with E-state index in [1.165, 1.54) is 83.4 Å². The monoisotopic (exact) mass is 987 g/mol. The number of pyridine rings is 1. The molecule has 3 nitrogen and oxygen atoms in total. The number of ketones is 1. The molecule has 0 amide bonds. The number of carbonyl (C=O) groups excluding carboxylic acids is 1. The maximum Gasteiger partial charge on any atom is 0.448 e. The minimum absolute atomic E-state index is 0. The first-order chi connectivity index (χ1) is 26.8. The Balaban J connectivity index is 0.000000311. The van der Waals surface area contributed by atoms with Gasteiger partial charge in [0.2, 0.25) is 5.76 Å². The molecule has 0 saturated heterocycles. The van der Waals surface area contributed by atoms with Crippen LogP contribution >= 0.6 is 0 Å². The van der Waals surface area contributed by atoms with Crippen molar-refractivity contribution in [2.75, 3.05) is 0 Å². The number of aryl methyl sites for hydroxylation is 2. The quantitative estimate of drug-likeness (QED) is 0.126. The second-order valence-electron chi connectivity index (χ2n) is 22.0. The smallest absolute Gasteiger partial charge is 0.448 e. The molecule has 4 aromatic rings. The molecule has 0 unspecified atom stereocenters. The number of halogens is 3. The average Bonchev–Trinajstić information content (AvgIpc) is 3.08. The molecule has 0 atom stereocenters. The molecule has 323 valence electrons. The van der Waals surface area contributed by atoms with Crippen molar-refractivity contribution in [3.05, 3.63) is 88.7 Å². The summed E-state index contributed by atoms with van der Waals surface area (Å²) in [6.07, 6.45) is 7.72. The number of hydrogen-bond acceptors (Lipinski definition) is 3. The van der Waals surface area contributed by atoms with Gasteiger partial charge in [0.25, 0.3) is 0 Å². The molecule has 3 aromatic carbocycles. The number of allylic oxidation sites excluding steroid dienone is 2. The van der Waals surface area contributed by atoms with E-state index in [2.05, 4.69) is 131 Å². The first kappa shape index (κ1) is 47.0. The van der Waals surface area contributed by atoms with E-state index in [0.29, 0.717) is 41.1 Å². The fourth-order valence-corrected chi connectivity index (χ4v) is 11.7. The van der Waals surface area contributed by atoms with E-state index >= 15 is 0 Å². The summed E-state index contributed by atoms with van der Waals surface area (Å²) in [5, 5.41) is 12.6. The van der Waals surface area contributed by atoms with Gasteiger partial charge >= 0.3 is 6.18 Å². The van der Waals surface area contributed by atoms with Crippen LogP contribution in [0.4, 0.5) is 13.2 Å². The molecule has 1 N–H and O–H groups in total. The second kappa shape index (κ2) is 17.0. The summed E-state index contributed by atoms with van der Waals surface area (Å²) in [5.41, 5.74) is 10.5. The Labute approximate surface area is 365 Å². The standard InChI is InChI=1S/C40H50N.C12H17F3O2.Ir/c1-26-18-27(2)36-32(28-14-16-40(17-15-28)24-38(6,7)23-39(8,9)25-40)22-34(41-35(36)19-26)30-20-29-12-10-11-13-31(29)33(21-30)37(3,4)5;1-11(2)5-3-8(4-6-11)9(16)7-10(17)12(13,14)15;/h10-13,18-19,21-22,28H,14-17,23-25H2,1-9H3;7-8,17H,3-6H2,1-2H3;/q-1;;/b;10-7-;. The molecule has 1 spiro atoms. The molecule has 0 bridgehead atoms. The molecular formula is C52H67F3IrNO2-. The Kier molecular flexibility index (Phi) is 13.6. The van der Waals surface area contributed by atoms with Crippen LogP contribution in [-0.2, 0) is 30.3 Å². The van der Waals surface area contributed by atoms with Gasteiger partial charge in [-0.1, -0.05) is 104 Å². The number of hydrogen-bond donors (Lipinski definition) is 1. The molecule has 7 rings (SSSR count).